The lowest BCUT2D eigenvalue weighted by Gasteiger charge is -2.10. The number of halogens is 4. The molecule has 1 aromatic heterocycles. The fourth-order valence-corrected chi connectivity index (χ4v) is 1.54. The Balaban J connectivity index is 2.58. The van der Waals surface area contributed by atoms with Gasteiger partial charge in [0.05, 0.1) is 11.3 Å². The lowest BCUT2D eigenvalue weighted by molar-refractivity contribution is -0.139. The van der Waals surface area contributed by atoms with Crippen molar-refractivity contribution in [3.63, 3.8) is 0 Å². The number of aromatic nitrogens is 2. The van der Waals surface area contributed by atoms with Gasteiger partial charge in [-0.3, -0.25) is 0 Å². The summed E-state index contributed by atoms with van der Waals surface area (Å²) in [7, 11) is 0. The second-order valence-electron chi connectivity index (χ2n) is 3.73. The van der Waals surface area contributed by atoms with Crippen molar-refractivity contribution < 1.29 is 17.6 Å². The summed E-state index contributed by atoms with van der Waals surface area (Å²) in [6.45, 7) is 0. The van der Waals surface area contributed by atoms with Crippen LogP contribution in [0.1, 0.15) is 5.56 Å². The summed E-state index contributed by atoms with van der Waals surface area (Å²) >= 11 is 0. The minimum atomic E-state index is -4.79. The molecule has 100 valence electrons. The van der Waals surface area contributed by atoms with Crippen LogP contribution in [-0.4, -0.2) is 9.97 Å². The summed E-state index contributed by atoms with van der Waals surface area (Å²) in [4.78, 5) is 7.35. The third-order valence-corrected chi connectivity index (χ3v) is 2.33. The number of nitrogens with two attached hydrogens (primary N) is 2. The number of rotatable bonds is 1. The Morgan fingerprint density at radius 2 is 1.68 bits per heavy atom. The number of nitrogens with zero attached hydrogens (tertiary/aromatic N) is 2. The first-order valence-electron chi connectivity index (χ1n) is 5.04. The first-order valence-corrected chi connectivity index (χ1v) is 5.04. The number of hydrogen-bond acceptors (Lipinski definition) is 4. The minimum absolute atomic E-state index is 0.0142. The van der Waals surface area contributed by atoms with Crippen molar-refractivity contribution in [2.45, 2.75) is 6.18 Å². The second kappa shape index (κ2) is 4.38. The lowest BCUT2D eigenvalue weighted by Crippen LogP contribution is -2.08. The largest absolute Gasteiger partial charge is 0.419 e. The van der Waals surface area contributed by atoms with Gasteiger partial charge in [-0.05, 0) is 18.2 Å². The summed E-state index contributed by atoms with van der Waals surface area (Å²) in [6.07, 6.45) is -4.79. The van der Waals surface area contributed by atoms with Crippen LogP contribution < -0.4 is 11.5 Å². The van der Waals surface area contributed by atoms with Gasteiger partial charge in [0, 0.05) is 11.6 Å². The Hall–Kier alpha value is -2.38. The molecule has 0 aliphatic carbocycles. The van der Waals surface area contributed by atoms with E-state index in [-0.39, 0.29) is 23.0 Å². The Morgan fingerprint density at radius 1 is 1.00 bits per heavy atom. The summed E-state index contributed by atoms with van der Waals surface area (Å²) < 4.78 is 50.9. The third-order valence-electron chi connectivity index (χ3n) is 2.33. The first kappa shape index (κ1) is 13.1. The van der Waals surface area contributed by atoms with Gasteiger partial charge in [-0.2, -0.15) is 18.2 Å². The van der Waals surface area contributed by atoms with Crippen molar-refractivity contribution in [3.8, 4) is 11.3 Å². The zero-order valence-corrected chi connectivity index (χ0v) is 9.37. The Kier molecular flexibility index (Phi) is 3.01. The van der Waals surface area contributed by atoms with Gasteiger partial charge >= 0.3 is 6.18 Å². The van der Waals surface area contributed by atoms with Gasteiger partial charge in [0.25, 0.3) is 0 Å². The van der Waals surface area contributed by atoms with Gasteiger partial charge in [0.2, 0.25) is 5.95 Å². The van der Waals surface area contributed by atoms with Crippen molar-refractivity contribution >= 4 is 11.8 Å². The molecule has 0 aliphatic heterocycles. The van der Waals surface area contributed by atoms with E-state index in [1.165, 1.54) is 6.07 Å². The topological polar surface area (TPSA) is 77.8 Å². The Morgan fingerprint density at radius 3 is 2.26 bits per heavy atom. The van der Waals surface area contributed by atoms with Gasteiger partial charge in [-0.25, -0.2) is 9.37 Å². The number of hydrogen-bond donors (Lipinski definition) is 2. The molecule has 0 saturated heterocycles. The van der Waals surface area contributed by atoms with Crippen LogP contribution in [0.5, 0.6) is 0 Å². The third kappa shape index (κ3) is 2.72. The Bertz CT molecular complexity index is 604. The summed E-state index contributed by atoms with van der Waals surface area (Å²) in [5.74, 6) is -1.51. The number of alkyl halides is 3. The molecule has 19 heavy (non-hydrogen) atoms. The van der Waals surface area contributed by atoms with Gasteiger partial charge in [-0.15, -0.1) is 0 Å². The number of anilines is 2. The van der Waals surface area contributed by atoms with Gasteiger partial charge in [0.15, 0.2) is 0 Å². The maximum Gasteiger partial charge on any atom is 0.419 e. The summed E-state index contributed by atoms with van der Waals surface area (Å²) in [5.41, 5.74) is 9.54. The first-order chi connectivity index (χ1) is 8.77. The molecule has 0 aliphatic rings. The molecule has 1 heterocycles. The highest BCUT2D eigenvalue weighted by atomic mass is 19.4. The highest BCUT2D eigenvalue weighted by molar-refractivity contribution is 5.64. The molecule has 0 spiro atoms. The molecule has 0 amide bonds. The van der Waals surface area contributed by atoms with Crippen LogP contribution in [0.2, 0.25) is 0 Å². The van der Waals surface area contributed by atoms with E-state index in [0.717, 1.165) is 6.07 Å². The molecule has 1 aromatic carbocycles. The SMILES string of the molecule is Nc1cc(-c2ccc(F)c(C(F)(F)F)c2)nc(N)n1. The van der Waals surface area contributed by atoms with E-state index in [0.29, 0.717) is 12.1 Å². The molecular formula is C11H8F4N4. The molecule has 4 N–H and O–H groups in total. The van der Waals surface area contributed by atoms with Crippen molar-refractivity contribution in [2.24, 2.45) is 0 Å². The number of benzene rings is 1. The van der Waals surface area contributed by atoms with Crippen LogP contribution in [0.3, 0.4) is 0 Å². The normalized spacial score (nSPS) is 11.6. The molecule has 4 nitrogen and oxygen atoms in total. The van der Waals surface area contributed by atoms with Crippen LogP contribution in [0, 0.1) is 5.82 Å². The van der Waals surface area contributed by atoms with E-state index in [9.17, 15) is 17.6 Å². The van der Waals surface area contributed by atoms with Crippen LogP contribution in [0.25, 0.3) is 11.3 Å². The molecule has 0 atom stereocenters. The van der Waals surface area contributed by atoms with E-state index < -0.39 is 17.6 Å². The molecular weight excluding hydrogens is 264 g/mol. The fraction of sp³-hybridized carbons (Fsp3) is 0.0909. The molecule has 0 fully saturated rings. The maximum atomic E-state index is 13.1. The average molecular weight is 272 g/mol. The highest BCUT2D eigenvalue weighted by Crippen LogP contribution is 2.34. The standard InChI is InChI=1S/C11H8F4N4/c12-7-2-1-5(3-6(7)11(13,14)15)8-4-9(16)19-10(17)18-8/h1-4H,(H4,16,17,18,19). The molecule has 0 unspecified atom stereocenters. The van der Waals surface area contributed by atoms with E-state index in [2.05, 4.69) is 9.97 Å². The summed E-state index contributed by atoms with van der Waals surface area (Å²) in [6, 6.07) is 3.78. The maximum absolute atomic E-state index is 13.1. The minimum Gasteiger partial charge on any atom is -0.384 e. The monoisotopic (exact) mass is 272 g/mol. The van der Waals surface area contributed by atoms with Crippen molar-refractivity contribution in [1.29, 1.82) is 0 Å². The van der Waals surface area contributed by atoms with Crippen LogP contribution >= 0.6 is 0 Å². The van der Waals surface area contributed by atoms with Crippen LogP contribution in [-0.2, 0) is 6.18 Å². The average Bonchev–Trinajstić information content (AvgIpc) is 2.26. The van der Waals surface area contributed by atoms with Crippen LogP contribution in [0.15, 0.2) is 24.3 Å². The van der Waals surface area contributed by atoms with Gasteiger partial charge in [0.1, 0.15) is 11.6 Å². The molecule has 0 radical (unpaired) electrons. The van der Waals surface area contributed by atoms with Gasteiger partial charge in [-0.1, -0.05) is 0 Å². The lowest BCUT2D eigenvalue weighted by atomic mass is 10.1. The molecule has 2 rings (SSSR count). The van der Waals surface area contributed by atoms with Gasteiger partial charge < -0.3 is 11.5 Å². The van der Waals surface area contributed by atoms with E-state index in [1.54, 1.807) is 0 Å². The Labute approximate surface area is 105 Å². The van der Waals surface area contributed by atoms with Crippen molar-refractivity contribution in [3.05, 3.63) is 35.6 Å². The molecule has 2 aromatic rings. The van der Waals surface area contributed by atoms with E-state index in [4.69, 9.17) is 11.5 Å². The molecule has 0 bridgehead atoms. The zero-order valence-electron chi connectivity index (χ0n) is 9.37. The van der Waals surface area contributed by atoms with Crippen molar-refractivity contribution in [2.75, 3.05) is 11.5 Å². The summed E-state index contributed by atoms with van der Waals surface area (Å²) in [5, 5.41) is 0. The number of nitrogen functional groups attached to an aromatic ring is 2. The highest BCUT2D eigenvalue weighted by Gasteiger charge is 2.34. The van der Waals surface area contributed by atoms with Crippen LogP contribution in [0.4, 0.5) is 29.3 Å². The van der Waals surface area contributed by atoms with Crippen molar-refractivity contribution in [1.82, 2.24) is 9.97 Å². The smallest absolute Gasteiger partial charge is 0.384 e. The zero-order chi connectivity index (χ0) is 14.2. The van der Waals surface area contributed by atoms with E-state index in [1.807, 2.05) is 0 Å². The molecule has 8 heteroatoms. The fourth-order valence-electron chi connectivity index (χ4n) is 1.54. The molecule has 0 saturated carbocycles. The quantitative estimate of drug-likeness (QED) is 0.782. The second-order valence-corrected chi connectivity index (χ2v) is 3.73. The predicted octanol–water partition coefficient (Wildman–Crippen LogP) is 2.47. The van der Waals surface area contributed by atoms with E-state index >= 15 is 0 Å². The predicted molar refractivity (Wildman–Crippen MR) is 61.3 cm³/mol.